The Balaban J connectivity index is 1.68. The molecule has 0 saturated carbocycles. The fourth-order valence-corrected chi connectivity index (χ4v) is 4.78. The Bertz CT molecular complexity index is 1080. The summed E-state index contributed by atoms with van der Waals surface area (Å²) in [7, 11) is 1.64. The highest BCUT2D eigenvalue weighted by molar-refractivity contribution is 5.69. The summed E-state index contributed by atoms with van der Waals surface area (Å²) in [5.74, 6) is 0. The van der Waals surface area contributed by atoms with E-state index < -0.39 is 17.4 Å². The summed E-state index contributed by atoms with van der Waals surface area (Å²) in [4.78, 5) is 0. The SMILES string of the molecule is COC(c1ccccc1)(c1ccccc1)[C@@H]1CCCN1/N=C/[C@](C)(OCc1ccccc1)C(F)(F)F. The molecule has 1 fully saturated rings. The van der Waals surface area contributed by atoms with Gasteiger partial charge in [0.2, 0.25) is 0 Å². The summed E-state index contributed by atoms with van der Waals surface area (Å²) < 4.78 is 54.1. The molecule has 0 radical (unpaired) electrons. The first-order chi connectivity index (χ1) is 17.3. The molecule has 36 heavy (non-hydrogen) atoms. The minimum Gasteiger partial charge on any atom is -0.367 e. The lowest BCUT2D eigenvalue weighted by molar-refractivity contribution is -0.243. The van der Waals surface area contributed by atoms with Crippen LogP contribution in [0, 0.1) is 0 Å². The largest absolute Gasteiger partial charge is 0.422 e. The highest BCUT2D eigenvalue weighted by Gasteiger charge is 2.53. The molecule has 1 aliphatic heterocycles. The van der Waals surface area contributed by atoms with Crippen LogP contribution >= 0.6 is 0 Å². The topological polar surface area (TPSA) is 34.1 Å². The monoisotopic (exact) mass is 496 g/mol. The number of nitrogens with zero attached hydrogens (tertiary/aromatic N) is 2. The second kappa shape index (κ2) is 10.8. The van der Waals surface area contributed by atoms with Gasteiger partial charge in [-0.1, -0.05) is 91.0 Å². The minimum absolute atomic E-state index is 0.178. The molecular weight excluding hydrogens is 465 g/mol. The number of alkyl halides is 3. The molecule has 1 aliphatic rings. The number of hydrogen-bond donors (Lipinski definition) is 0. The Labute approximate surface area is 210 Å². The van der Waals surface area contributed by atoms with Crippen LogP contribution in [0.4, 0.5) is 13.2 Å². The first-order valence-electron chi connectivity index (χ1n) is 12.0. The van der Waals surface area contributed by atoms with Gasteiger partial charge in [0, 0.05) is 13.7 Å². The van der Waals surface area contributed by atoms with Gasteiger partial charge in [-0.3, -0.25) is 5.01 Å². The van der Waals surface area contributed by atoms with Crippen LogP contribution in [0.25, 0.3) is 0 Å². The zero-order valence-electron chi connectivity index (χ0n) is 20.5. The lowest BCUT2D eigenvalue weighted by Gasteiger charge is -2.42. The molecule has 0 bridgehead atoms. The second-order valence-corrected chi connectivity index (χ2v) is 9.12. The van der Waals surface area contributed by atoms with E-state index in [-0.39, 0.29) is 12.6 Å². The smallest absolute Gasteiger partial charge is 0.367 e. The van der Waals surface area contributed by atoms with Crippen molar-refractivity contribution < 1.29 is 22.6 Å². The van der Waals surface area contributed by atoms with Gasteiger partial charge in [-0.15, -0.1) is 0 Å². The fraction of sp³-hybridized carbons (Fsp3) is 0.345. The number of benzene rings is 3. The molecule has 3 aromatic carbocycles. The van der Waals surface area contributed by atoms with Gasteiger partial charge in [-0.05, 0) is 36.5 Å². The Hall–Kier alpha value is -3.16. The number of halogens is 3. The van der Waals surface area contributed by atoms with Gasteiger partial charge in [0.25, 0.3) is 0 Å². The summed E-state index contributed by atoms with van der Waals surface area (Å²) in [6.45, 7) is 1.35. The maximum Gasteiger partial charge on any atom is 0.422 e. The van der Waals surface area contributed by atoms with Gasteiger partial charge >= 0.3 is 6.18 Å². The molecule has 2 atom stereocenters. The second-order valence-electron chi connectivity index (χ2n) is 9.12. The maximum atomic E-state index is 14.1. The molecule has 0 spiro atoms. The van der Waals surface area contributed by atoms with Gasteiger partial charge in [0.1, 0.15) is 5.60 Å². The van der Waals surface area contributed by atoms with Crippen LogP contribution in [0.15, 0.2) is 96.1 Å². The van der Waals surface area contributed by atoms with E-state index >= 15 is 0 Å². The number of hydrogen-bond acceptors (Lipinski definition) is 4. The molecule has 1 saturated heterocycles. The van der Waals surface area contributed by atoms with E-state index in [0.717, 1.165) is 30.7 Å². The van der Waals surface area contributed by atoms with E-state index in [1.165, 1.54) is 0 Å². The van der Waals surface area contributed by atoms with Crippen LogP contribution in [0.3, 0.4) is 0 Å². The third kappa shape index (κ3) is 5.18. The summed E-state index contributed by atoms with van der Waals surface area (Å²) >= 11 is 0. The van der Waals surface area contributed by atoms with E-state index in [2.05, 4.69) is 5.10 Å². The zero-order valence-corrected chi connectivity index (χ0v) is 20.5. The number of hydrazone groups is 1. The molecule has 4 nitrogen and oxygen atoms in total. The standard InChI is InChI=1S/C29H31F3N2O2/c1-27(29(30,31)32,36-21-23-13-6-3-7-14-23)22-33-34-20-12-19-26(34)28(35-2,24-15-8-4-9-16-24)25-17-10-5-11-18-25/h3-11,13-18,22,26H,12,19-21H2,1-2H3/b33-22+/t26-,27-/m0/s1. The van der Waals surface area contributed by atoms with E-state index in [4.69, 9.17) is 9.47 Å². The van der Waals surface area contributed by atoms with Crippen molar-refractivity contribution in [3.05, 3.63) is 108 Å². The maximum absolute atomic E-state index is 14.1. The zero-order chi connectivity index (χ0) is 25.7. The number of ether oxygens (including phenoxy) is 2. The van der Waals surface area contributed by atoms with Crippen molar-refractivity contribution in [1.29, 1.82) is 0 Å². The average Bonchev–Trinajstić information content (AvgIpc) is 3.37. The molecule has 4 rings (SSSR count). The van der Waals surface area contributed by atoms with E-state index in [0.29, 0.717) is 18.5 Å². The Kier molecular flexibility index (Phi) is 7.81. The van der Waals surface area contributed by atoms with Crippen molar-refractivity contribution >= 4 is 6.21 Å². The molecule has 0 aliphatic carbocycles. The van der Waals surface area contributed by atoms with Crippen molar-refractivity contribution in [2.24, 2.45) is 5.10 Å². The molecule has 0 amide bonds. The van der Waals surface area contributed by atoms with Crippen LogP contribution in [0.5, 0.6) is 0 Å². The molecule has 0 aromatic heterocycles. The van der Waals surface area contributed by atoms with Crippen LogP contribution < -0.4 is 0 Å². The van der Waals surface area contributed by atoms with Gasteiger partial charge in [-0.2, -0.15) is 18.3 Å². The predicted octanol–water partition coefficient (Wildman–Crippen LogP) is 6.56. The molecule has 0 unspecified atom stereocenters. The van der Waals surface area contributed by atoms with Crippen molar-refractivity contribution in [2.75, 3.05) is 13.7 Å². The summed E-state index contributed by atoms with van der Waals surface area (Å²) in [5, 5.41) is 6.13. The lowest BCUT2D eigenvalue weighted by atomic mass is 9.79. The van der Waals surface area contributed by atoms with Crippen LogP contribution in [0.2, 0.25) is 0 Å². The van der Waals surface area contributed by atoms with Gasteiger partial charge < -0.3 is 9.47 Å². The normalized spacial score (nSPS) is 18.5. The molecule has 7 heteroatoms. The molecule has 0 N–H and O–H groups in total. The van der Waals surface area contributed by atoms with Crippen LogP contribution in [0.1, 0.15) is 36.5 Å². The minimum atomic E-state index is -4.64. The highest BCUT2D eigenvalue weighted by Crippen LogP contribution is 2.43. The van der Waals surface area contributed by atoms with Gasteiger partial charge in [-0.25, -0.2) is 0 Å². The number of rotatable bonds is 9. The third-order valence-corrected chi connectivity index (χ3v) is 6.82. The quantitative estimate of drug-likeness (QED) is 0.315. The summed E-state index contributed by atoms with van der Waals surface area (Å²) in [6, 6.07) is 28.1. The first-order valence-corrected chi connectivity index (χ1v) is 12.0. The molecular formula is C29H31F3N2O2. The lowest BCUT2D eigenvalue weighted by Crippen LogP contribution is -2.50. The summed E-state index contributed by atoms with van der Waals surface area (Å²) in [5.41, 5.74) is -0.956. The van der Waals surface area contributed by atoms with Crippen LogP contribution in [-0.2, 0) is 21.7 Å². The first kappa shape index (κ1) is 25.9. The fourth-order valence-electron chi connectivity index (χ4n) is 4.78. The average molecular weight is 497 g/mol. The highest BCUT2D eigenvalue weighted by atomic mass is 19.4. The van der Waals surface area contributed by atoms with E-state index in [9.17, 15) is 13.2 Å². The van der Waals surface area contributed by atoms with Crippen molar-refractivity contribution in [3.8, 4) is 0 Å². The van der Waals surface area contributed by atoms with Gasteiger partial charge in [0.15, 0.2) is 5.60 Å². The van der Waals surface area contributed by atoms with Crippen LogP contribution in [-0.4, -0.2) is 42.7 Å². The predicted molar refractivity (Wildman–Crippen MR) is 135 cm³/mol. The summed E-state index contributed by atoms with van der Waals surface area (Å²) in [6.07, 6.45) is -2.26. The van der Waals surface area contributed by atoms with Crippen molar-refractivity contribution in [3.63, 3.8) is 0 Å². The molecule has 190 valence electrons. The Morgan fingerprint density at radius 2 is 1.42 bits per heavy atom. The third-order valence-electron chi connectivity index (χ3n) is 6.82. The number of methoxy groups -OCH3 is 1. The van der Waals surface area contributed by atoms with Crippen molar-refractivity contribution in [1.82, 2.24) is 5.01 Å². The van der Waals surface area contributed by atoms with Gasteiger partial charge in [0.05, 0.1) is 18.9 Å². The van der Waals surface area contributed by atoms with Crippen molar-refractivity contribution in [2.45, 2.75) is 49.8 Å². The Morgan fingerprint density at radius 1 is 0.889 bits per heavy atom. The molecule has 3 aromatic rings. The molecule has 1 heterocycles. The van der Waals surface area contributed by atoms with E-state index in [1.807, 2.05) is 66.7 Å². The Morgan fingerprint density at radius 3 is 1.92 bits per heavy atom. The van der Waals surface area contributed by atoms with E-state index in [1.54, 1.807) is 36.4 Å².